The van der Waals surface area contributed by atoms with Crippen molar-refractivity contribution in [3.63, 3.8) is 0 Å². The number of hydrogen-bond donors (Lipinski definition) is 1. The minimum absolute atomic E-state index is 0.0403. The molecule has 13 nitrogen and oxygen atoms in total. The lowest BCUT2D eigenvalue weighted by Crippen LogP contribution is -2.56. The van der Waals surface area contributed by atoms with Gasteiger partial charge >= 0.3 is 12.1 Å². The number of fused-ring (bicyclic) bond motifs is 1. The number of piperazine rings is 1. The molecule has 49 heavy (non-hydrogen) atoms. The Morgan fingerprint density at radius 2 is 1.65 bits per heavy atom. The molecule has 1 aromatic heterocycles. The van der Waals surface area contributed by atoms with Gasteiger partial charge in [0.2, 0.25) is 5.91 Å². The maximum absolute atomic E-state index is 14.0. The van der Waals surface area contributed by atoms with Gasteiger partial charge in [0.1, 0.15) is 23.2 Å². The molecule has 1 unspecified atom stereocenters. The SMILES string of the molecule is CCCCOC(=O)N1CCN(C(=O)[C@H](CCC(=O)OC(C)(C)C)NC(=O)c2cc(N3C[C@@H]4C(COC)[C@@H]4C3)nc(-c3ccccc3)n2)CC1. The minimum Gasteiger partial charge on any atom is -0.460 e. The highest BCUT2D eigenvalue weighted by Gasteiger charge is 2.55. The fourth-order valence-corrected chi connectivity index (χ4v) is 6.57. The highest BCUT2D eigenvalue weighted by Crippen LogP contribution is 2.52. The first-order chi connectivity index (χ1) is 23.5. The van der Waals surface area contributed by atoms with Crippen molar-refractivity contribution in [1.82, 2.24) is 25.1 Å². The van der Waals surface area contributed by atoms with Crippen molar-refractivity contribution in [2.75, 3.05) is 64.5 Å². The predicted octanol–water partition coefficient (Wildman–Crippen LogP) is 3.77. The van der Waals surface area contributed by atoms with E-state index < -0.39 is 29.6 Å². The molecule has 1 saturated carbocycles. The molecule has 5 rings (SSSR count). The van der Waals surface area contributed by atoms with E-state index in [-0.39, 0.29) is 37.5 Å². The average molecular weight is 679 g/mol. The number of ether oxygens (including phenoxy) is 3. The predicted molar refractivity (Wildman–Crippen MR) is 183 cm³/mol. The number of benzene rings is 1. The number of amides is 3. The van der Waals surface area contributed by atoms with Crippen molar-refractivity contribution < 1.29 is 33.4 Å². The fraction of sp³-hybridized carbons (Fsp3) is 0.611. The van der Waals surface area contributed by atoms with Gasteiger partial charge in [-0.3, -0.25) is 14.4 Å². The van der Waals surface area contributed by atoms with Gasteiger partial charge in [-0.1, -0.05) is 43.7 Å². The molecule has 3 fully saturated rings. The summed E-state index contributed by atoms with van der Waals surface area (Å²) in [6, 6.07) is 10.1. The molecule has 1 aliphatic carbocycles. The number of methoxy groups -OCH3 is 1. The van der Waals surface area contributed by atoms with Gasteiger partial charge in [-0.05, 0) is 51.4 Å². The first-order valence-electron chi connectivity index (χ1n) is 17.4. The van der Waals surface area contributed by atoms with Crippen LogP contribution < -0.4 is 10.2 Å². The van der Waals surface area contributed by atoms with Gasteiger partial charge in [0, 0.05) is 71.0 Å². The molecule has 4 atom stereocenters. The molecule has 13 heteroatoms. The maximum atomic E-state index is 14.0. The summed E-state index contributed by atoms with van der Waals surface area (Å²) in [5.74, 6) is 1.33. The Balaban J connectivity index is 1.32. The molecule has 2 saturated heterocycles. The Bertz CT molecular complexity index is 1460. The van der Waals surface area contributed by atoms with E-state index in [1.54, 1.807) is 43.7 Å². The van der Waals surface area contributed by atoms with Gasteiger partial charge in [0.05, 0.1) is 6.61 Å². The van der Waals surface area contributed by atoms with E-state index in [1.165, 1.54) is 0 Å². The number of carbonyl (C=O) groups excluding carboxylic acids is 4. The van der Waals surface area contributed by atoms with E-state index >= 15 is 0 Å². The molecular weight excluding hydrogens is 628 g/mol. The standard InChI is InChI=1S/C36H50N6O7/c1-6-7-19-48-35(46)41-17-15-40(16-18-41)34(45)28(13-14-31(43)49-36(2,3)4)38-33(44)29-20-30(39-32(37-29)24-11-9-8-10-12-24)42-21-25-26(22-42)27(25)23-47-5/h8-12,20,25-28H,6-7,13-19,21-23H2,1-5H3,(H,38,44)/t25-,26+,27?,28-/m0/s1. The smallest absolute Gasteiger partial charge is 0.409 e. The van der Waals surface area contributed by atoms with Crippen molar-refractivity contribution in [1.29, 1.82) is 0 Å². The largest absolute Gasteiger partial charge is 0.460 e. The number of piperidine rings is 1. The Morgan fingerprint density at radius 1 is 0.980 bits per heavy atom. The van der Waals surface area contributed by atoms with Crippen LogP contribution in [0.5, 0.6) is 0 Å². The zero-order chi connectivity index (χ0) is 35.1. The molecule has 0 bridgehead atoms. The van der Waals surface area contributed by atoms with Gasteiger partial charge < -0.3 is 34.2 Å². The third kappa shape index (κ3) is 9.46. The molecule has 1 N–H and O–H groups in total. The van der Waals surface area contributed by atoms with Crippen LogP contribution in [-0.4, -0.2) is 115 Å². The third-order valence-electron chi connectivity index (χ3n) is 9.27. The molecule has 0 radical (unpaired) electrons. The zero-order valence-electron chi connectivity index (χ0n) is 29.4. The highest BCUT2D eigenvalue weighted by molar-refractivity contribution is 5.97. The summed E-state index contributed by atoms with van der Waals surface area (Å²) >= 11 is 0. The Kier molecular flexibility index (Phi) is 11.7. The van der Waals surface area contributed by atoms with Gasteiger partial charge in [0.15, 0.2) is 5.82 Å². The second-order valence-electron chi connectivity index (χ2n) is 14.1. The van der Waals surface area contributed by atoms with Crippen LogP contribution in [0.4, 0.5) is 10.6 Å². The zero-order valence-corrected chi connectivity index (χ0v) is 29.4. The molecule has 2 aromatic rings. The third-order valence-corrected chi connectivity index (χ3v) is 9.27. The second-order valence-corrected chi connectivity index (χ2v) is 14.1. The summed E-state index contributed by atoms with van der Waals surface area (Å²) in [5.41, 5.74) is 0.212. The van der Waals surface area contributed by atoms with E-state index in [0.717, 1.165) is 38.1 Å². The number of carbonyl (C=O) groups is 4. The minimum atomic E-state index is -1.02. The summed E-state index contributed by atoms with van der Waals surface area (Å²) in [7, 11) is 1.73. The lowest BCUT2D eigenvalue weighted by molar-refractivity contribution is -0.155. The lowest BCUT2D eigenvalue weighted by Gasteiger charge is -2.36. The Hall–Kier alpha value is -4.26. The van der Waals surface area contributed by atoms with Crippen LogP contribution >= 0.6 is 0 Å². The number of anilines is 1. The average Bonchev–Trinajstić information content (AvgIpc) is 3.51. The molecule has 1 aromatic carbocycles. The number of aromatic nitrogens is 2. The molecule has 266 valence electrons. The van der Waals surface area contributed by atoms with Crippen molar-refractivity contribution >= 4 is 29.7 Å². The number of rotatable bonds is 13. The molecule has 0 spiro atoms. The molecule has 3 heterocycles. The van der Waals surface area contributed by atoms with Gasteiger partial charge in [-0.15, -0.1) is 0 Å². The van der Waals surface area contributed by atoms with Crippen molar-refractivity contribution in [3.8, 4) is 11.4 Å². The Morgan fingerprint density at radius 3 is 2.29 bits per heavy atom. The molecule has 2 aliphatic heterocycles. The van der Waals surface area contributed by atoms with Crippen LogP contribution in [0.2, 0.25) is 0 Å². The normalized spacial score (nSPS) is 20.8. The van der Waals surface area contributed by atoms with E-state index in [2.05, 4.69) is 15.2 Å². The number of esters is 1. The number of unbranched alkanes of at least 4 members (excludes halogenated alkanes) is 1. The van der Waals surface area contributed by atoms with Crippen molar-refractivity contribution in [2.24, 2.45) is 17.8 Å². The van der Waals surface area contributed by atoms with Crippen LogP contribution in [-0.2, 0) is 23.8 Å². The highest BCUT2D eigenvalue weighted by atomic mass is 16.6. The first-order valence-corrected chi connectivity index (χ1v) is 17.4. The maximum Gasteiger partial charge on any atom is 0.409 e. The first kappa shape index (κ1) is 36.0. The van der Waals surface area contributed by atoms with Crippen LogP contribution in [0.3, 0.4) is 0 Å². The van der Waals surface area contributed by atoms with Crippen molar-refractivity contribution in [2.45, 2.75) is 65.0 Å². The summed E-state index contributed by atoms with van der Waals surface area (Å²) in [6.07, 6.45) is 1.29. The van der Waals surface area contributed by atoms with Gasteiger partial charge in [0.25, 0.3) is 5.91 Å². The second kappa shape index (κ2) is 16.0. The van der Waals surface area contributed by atoms with E-state index in [9.17, 15) is 19.2 Å². The number of nitrogens with zero attached hydrogens (tertiary/aromatic N) is 5. The lowest BCUT2D eigenvalue weighted by atomic mass is 10.1. The van der Waals surface area contributed by atoms with E-state index in [1.807, 2.05) is 37.3 Å². The van der Waals surface area contributed by atoms with E-state index in [4.69, 9.17) is 19.2 Å². The summed E-state index contributed by atoms with van der Waals surface area (Å²) in [6.45, 7) is 11.3. The van der Waals surface area contributed by atoms with Crippen LogP contribution in [0, 0.1) is 17.8 Å². The van der Waals surface area contributed by atoms with Gasteiger partial charge in [-0.25, -0.2) is 14.8 Å². The quantitative estimate of drug-likeness (QED) is 0.246. The summed E-state index contributed by atoms with van der Waals surface area (Å²) in [4.78, 5) is 67.9. The van der Waals surface area contributed by atoms with E-state index in [0.29, 0.717) is 49.1 Å². The molecule has 3 aliphatic rings. The van der Waals surface area contributed by atoms with Crippen LogP contribution in [0.15, 0.2) is 36.4 Å². The summed E-state index contributed by atoms with van der Waals surface area (Å²) < 4.78 is 16.2. The van der Waals surface area contributed by atoms with Crippen LogP contribution in [0.25, 0.3) is 11.4 Å². The van der Waals surface area contributed by atoms with Crippen molar-refractivity contribution in [3.05, 3.63) is 42.1 Å². The van der Waals surface area contributed by atoms with Gasteiger partial charge in [-0.2, -0.15) is 0 Å². The fourth-order valence-electron chi connectivity index (χ4n) is 6.57. The Labute approximate surface area is 288 Å². The monoisotopic (exact) mass is 678 g/mol. The summed E-state index contributed by atoms with van der Waals surface area (Å²) in [5, 5.41) is 2.89. The topological polar surface area (TPSA) is 144 Å². The number of nitrogens with one attached hydrogen (secondary N) is 1. The number of hydrogen-bond acceptors (Lipinski definition) is 10. The molecule has 3 amide bonds. The van der Waals surface area contributed by atoms with Crippen LogP contribution in [0.1, 0.15) is 63.9 Å². The molecular formula is C36H50N6O7.